The summed E-state index contributed by atoms with van der Waals surface area (Å²) >= 11 is 0. The minimum Gasteiger partial charge on any atom is -0.336 e. The maximum atomic E-state index is 12.8. The van der Waals surface area contributed by atoms with Crippen LogP contribution in [0.3, 0.4) is 0 Å². The van der Waals surface area contributed by atoms with Crippen LogP contribution in [0, 0.1) is 0 Å². The molecule has 0 spiro atoms. The fourth-order valence-corrected chi connectivity index (χ4v) is 2.87. The van der Waals surface area contributed by atoms with Crippen LogP contribution in [-0.2, 0) is 9.59 Å². The second kappa shape index (κ2) is 7.26. The third-order valence-electron chi connectivity index (χ3n) is 3.88. The van der Waals surface area contributed by atoms with Gasteiger partial charge in [-0.15, -0.1) is 0 Å². The normalized spacial score (nSPS) is 17.5. The van der Waals surface area contributed by atoms with Gasteiger partial charge in [-0.2, -0.15) is 0 Å². The summed E-state index contributed by atoms with van der Waals surface area (Å²) < 4.78 is 0. The van der Waals surface area contributed by atoms with Crippen LogP contribution >= 0.6 is 0 Å². The van der Waals surface area contributed by atoms with Crippen LogP contribution in [0.2, 0.25) is 0 Å². The molecule has 1 aliphatic rings. The molecule has 1 saturated heterocycles. The van der Waals surface area contributed by atoms with Gasteiger partial charge in [0.25, 0.3) is 5.91 Å². The fraction of sp³-hybridized carbons (Fsp3) is 0.471. The van der Waals surface area contributed by atoms with Crippen LogP contribution < -0.4 is 10.6 Å². The Morgan fingerprint density at radius 3 is 2.04 bits per heavy atom. The van der Waals surface area contributed by atoms with Gasteiger partial charge in [0.1, 0.15) is 0 Å². The predicted molar refractivity (Wildman–Crippen MR) is 89.4 cm³/mol. The number of piperidine rings is 1. The van der Waals surface area contributed by atoms with Crippen LogP contribution in [0.25, 0.3) is 0 Å². The molecule has 1 heterocycles. The first-order chi connectivity index (χ1) is 10.9. The molecule has 124 valence electrons. The third kappa shape index (κ3) is 4.55. The molecule has 2 rings (SSSR count). The summed E-state index contributed by atoms with van der Waals surface area (Å²) in [6.07, 6.45) is 3.13. The Balaban J connectivity index is 2.32. The number of rotatable bonds is 3. The lowest BCUT2D eigenvalue weighted by atomic mass is 10.0. The Hall–Kier alpha value is -2.37. The van der Waals surface area contributed by atoms with E-state index in [-0.39, 0.29) is 23.8 Å². The van der Waals surface area contributed by atoms with Crippen molar-refractivity contribution in [1.82, 2.24) is 4.90 Å². The van der Waals surface area contributed by atoms with Gasteiger partial charge >= 0.3 is 0 Å². The van der Waals surface area contributed by atoms with Crippen molar-refractivity contribution in [1.29, 1.82) is 0 Å². The first kappa shape index (κ1) is 17.0. The zero-order chi connectivity index (χ0) is 17.0. The first-order valence-electron chi connectivity index (χ1n) is 7.88. The molecule has 0 saturated carbocycles. The van der Waals surface area contributed by atoms with Gasteiger partial charge in [-0.05, 0) is 44.4 Å². The van der Waals surface area contributed by atoms with E-state index < -0.39 is 0 Å². The van der Waals surface area contributed by atoms with Gasteiger partial charge in [-0.1, -0.05) is 0 Å². The van der Waals surface area contributed by atoms with Crippen LogP contribution in [0.1, 0.15) is 50.4 Å². The molecule has 0 aromatic heterocycles. The number of carbonyl (C=O) groups excluding carboxylic acids is 3. The summed E-state index contributed by atoms with van der Waals surface area (Å²) in [5, 5.41) is 5.33. The Morgan fingerprint density at radius 2 is 1.57 bits per heavy atom. The molecule has 6 nitrogen and oxygen atoms in total. The molecule has 2 N–H and O–H groups in total. The second-order valence-corrected chi connectivity index (χ2v) is 6.00. The lowest BCUT2D eigenvalue weighted by Gasteiger charge is -2.33. The smallest absolute Gasteiger partial charge is 0.254 e. The number of nitrogens with zero attached hydrogens (tertiary/aromatic N) is 1. The molecule has 0 bridgehead atoms. The lowest BCUT2D eigenvalue weighted by molar-refractivity contribution is -0.115. The number of hydrogen-bond donors (Lipinski definition) is 2. The second-order valence-electron chi connectivity index (χ2n) is 6.00. The van der Waals surface area contributed by atoms with Gasteiger partial charge in [0.05, 0.1) is 0 Å². The molecule has 1 atom stereocenters. The number of carbonyl (C=O) groups is 3. The summed E-state index contributed by atoms with van der Waals surface area (Å²) in [5.74, 6) is -0.527. The average molecular weight is 317 g/mol. The average Bonchev–Trinajstić information content (AvgIpc) is 2.45. The van der Waals surface area contributed by atoms with E-state index in [0.29, 0.717) is 16.9 Å². The highest BCUT2D eigenvalue weighted by atomic mass is 16.2. The van der Waals surface area contributed by atoms with E-state index in [0.717, 1.165) is 25.8 Å². The summed E-state index contributed by atoms with van der Waals surface area (Å²) in [4.78, 5) is 37.2. The minimum atomic E-state index is -0.227. The standard InChI is InChI=1S/C17H23N3O3/c1-11-6-4-5-7-20(11)17(23)14-8-15(18-12(2)21)10-16(9-14)19-13(3)22/h8-11H,4-7H2,1-3H3,(H,18,21)(H,19,22). The summed E-state index contributed by atoms with van der Waals surface area (Å²) in [5.41, 5.74) is 1.46. The van der Waals surface area contributed by atoms with E-state index in [1.807, 2.05) is 11.8 Å². The molecule has 1 aromatic carbocycles. The van der Waals surface area contributed by atoms with Gasteiger partial charge in [0, 0.05) is 43.4 Å². The van der Waals surface area contributed by atoms with Crippen molar-refractivity contribution in [3.8, 4) is 0 Å². The van der Waals surface area contributed by atoms with Crippen LogP contribution in [0.15, 0.2) is 18.2 Å². The molecule has 0 radical (unpaired) electrons. The van der Waals surface area contributed by atoms with Crippen LogP contribution in [-0.4, -0.2) is 35.2 Å². The maximum absolute atomic E-state index is 12.8. The van der Waals surface area contributed by atoms with E-state index >= 15 is 0 Å². The van der Waals surface area contributed by atoms with Crippen molar-refractivity contribution in [2.45, 2.75) is 46.1 Å². The van der Waals surface area contributed by atoms with Crippen molar-refractivity contribution < 1.29 is 14.4 Å². The number of nitrogens with one attached hydrogen (secondary N) is 2. The highest BCUT2D eigenvalue weighted by Crippen LogP contribution is 2.24. The van der Waals surface area contributed by atoms with E-state index in [9.17, 15) is 14.4 Å². The number of benzene rings is 1. The van der Waals surface area contributed by atoms with Crippen molar-refractivity contribution >= 4 is 29.1 Å². The molecule has 3 amide bonds. The topological polar surface area (TPSA) is 78.5 Å². The fourth-order valence-electron chi connectivity index (χ4n) is 2.87. The lowest BCUT2D eigenvalue weighted by Crippen LogP contribution is -2.42. The van der Waals surface area contributed by atoms with Crippen LogP contribution in [0.4, 0.5) is 11.4 Å². The van der Waals surface area contributed by atoms with Crippen molar-refractivity contribution in [2.24, 2.45) is 0 Å². The summed E-state index contributed by atoms with van der Waals surface area (Å²) in [7, 11) is 0. The van der Waals surface area contributed by atoms with E-state index in [4.69, 9.17) is 0 Å². The molecule has 0 aliphatic carbocycles. The summed E-state index contributed by atoms with van der Waals surface area (Å²) in [6, 6.07) is 5.14. The zero-order valence-electron chi connectivity index (χ0n) is 13.8. The third-order valence-corrected chi connectivity index (χ3v) is 3.88. The summed E-state index contributed by atoms with van der Waals surface area (Å²) in [6.45, 7) is 5.59. The van der Waals surface area contributed by atoms with Crippen molar-refractivity contribution in [3.63, 3.8) is 0 Å². The molecule has 1 aromatic rings. The van der Waals surface area contributed by atoms with Gasteiger partial charge in [-0.25, -0.2) is 0 Å². The largest absolute Gasteiger partial charge is 0.336 e. The van der Waals surface area contributed by atoms with E-state index in [1.54, 1.807) is 18.2 Å². The predicted octanol–water partition coefficient (Wildman–Crippen LogP) is 2.62. The quantitative estimate of drug-likeness (QED) is 0.899. The monoisotopic (exact) mass is 317 g/mol. The number of amides is 3. The molecule has 1 unspecified atom stereocenters. The highest BCUT2D eigenvalue weighted by Gasteiger charge is 2.24. The molecule has 1 aliphatic heterocycles. The minimum absolute atomic E-state index is 0.0731. The number of likely N-dealkylation sites (tertiary alicyclic amines) is 1. The molecular weight excluding hydrogens is 294 g/mol. The number of hydrogen-bond acceptors (Lipinski definition) is 3. The molecular formula is C17H23N3O3. The van der Waals surface area contributed by atoms with Crippen molar-refractivity contribution in [2.75, 3.05) is 17.2 Å². The Kier molecular flexibility index (Phi) is 5.36. The zero-order valence-corrected chi connectivity index (χ0v) is 13.8. The SMILES string of the molecule is CC(=O)Nc1cc(NC(C)=O)cc(C(=O)N2CCCCC2C)c1. The highest BCUT2D eigenvalue weighted by molar-refractivity contribution is 6.00. The van der Waals surface area contributed by atoms with Gasteiger partial charge in [0.15, 0.2) is 0 Å². The van der Waals surface area contributed by atoms with Gasteiger partial charge < -0.3 is 15.5 Å². The van der Waals surface area contributed by atoms with Gasteiger partial charge in [-0.3, -0.25) is 14.4 Å². The Morgan fingerprint density at radius 1 is 1.00 bits per heavy atom. The maximum Gasteiger partial charge on any atom is 0.254 e. The van der Waals surface area contributed by atoms with Crippen molar-refractivity contribution in [3.05, 3.63) is 23.8 Å². The van der Waals surface area contributed by atoms with E-state index in [2.05, 4.69) is 10.6 Å². The Bertz CT molecular complexity index is 593. The molecule has 6 heteroatoms. The molecule has 1 fully saturated rings. The first-order valence-corrected chi connectivity index (χ1v) is 7.88. The Labute approximate surface area is 136 Å². The number of anilines is 2. The van der Waals surface area contributed by atoms with Crippen LogP contribution in [0.5, 0.6) is 0 Å². The van der Waals surface area contributed by atoms with Gasteiger partial charge in [0.2, 0.25) is 11.8 Å². The van der Waals surface area contributed by atoms with E-state index in [1.165, 1.54) is 13.8 Å². The molecule has 23 heavy (non-hydrogen) atoms.